The second-order valence-electron chi connectivity index (χ2n) is 8.45. The quantitative estimate of drug-likeness (QED) is 0.716. The number of ether oxygens (including phenoxy) is 1. The number of nitrogens with one attached hydrogen (secondary N) is 2. The van der Waals surface area contributed by atoms with E-state index in [9.17, 15) is 9.90 Å². The van der Waals surface area contributed by atoms with E-state index in [2.05, 4.69) is 31.4 Å². The Bertz CT molecular complexity index is 344. The molecule has 3 atom stereocenters. The number of rotatable bonds is 5. The number of aliphatic hydroxyl groups excluding tert-OH is 1. The summed E-state index contributed by atoms with van der Waals surface area (Å²) in [6.07, 6.45) is -0.435. The molecule has 124 valence electrons. The van der Waals surface area contributed by atoms with Crippen LogP contribution in [0.25, 0.3) is 0 Å². The van der Waals surface area contributed by atoms with Crippen LogP contribution in [0.2, 0.25) is 0 Å². The topological polar surface area (TPSA) is 70.6 Å². The molecule has 1 rings (SSSR count). The molecule has 5 heteroatoms. The molecule has 0 aromatic rings. The van der Waals surface area contributed by atoms with Crippen LogP contribution in [0.4, 0.5) is 0 Å². The summed E-state index contributed by atoms with van der Waals surface area (Å²) in [4.78, 5) is 11.8. The van der Waals surface area contributed by atoms with Crippen LogP contribution in [0.1, 0.15) is 48.0 Å². The molecule has 0 bridgehead atoms. The van der Waals surface area contributed by atoms with E-state index in [0.29, 0.717) is 19.6 Å². The Balaban J connectivity index is 2.33. The van der Waals surface area contributed by atoms with E-state index in [1.54, 1.807) is 0 Å². The number of carbonyl (C=O) groups excluding carboxylic acids is 1. The maximum Gasteiger partial charge on any atom is 0.220 e. The van der Waals surface area contributed by atoms with Gasteiger partial charge in [-0.25, -0.2) is 0 Å². The zero-order valence-electron chi connectivity index (χ0n) is 14.3. The first-order valence-corrected chi connectivity index (χ1v) is 7.78. The molecule has 0 aliphatic carbocycles. The first-order valence-electron chi connectivity index (χ1n) is 7.78. The zero-order valence-corrected chi connectivity index (χ0v) is 14.3. The monoisotopic (exact) mass is 300 g/mol. The van der Waals surface area contributed by atoms with Gasteiger partial charge in [-0.2, -0.15) is 0 Å². The molecule has 3 N–H and O–H groups in total. The van der Waals surface area contributed by atoms with E-state index in [-0.39, 0.29) is 28.9 Å². The van der Waals surface area contributed by atoms with Crippen LogP contribution in [0.15, 0.2) is 0 Å². The molecule has 0 spiro atoms. The van der Waals surface area contributed by atoms with Crippen molar-refractivity contribution >= 4 is 5.91 Å². The van der Waals surface area contributed by atoms with Crippen molar-refractivity contribution in [2.45, 2.75) is 66.2 Å². The van der Waals surface area contributed by atoms with Crippen molar-refractivity contribution in [2.24, 2.45) is 10.8 Å². The fraction of sp³-hybridized carbons (Fsp3) is 0.938. The SMILES string of the molecule is CC(C)(C)CNC1COC(CNC(=O)CC(C)(C)C)C1O. The third-order valence-electron chi connectivity index (χ3n) is 3.37. The first-order chi connectivity index (χ1) is 9.48. The van der Waals surface area contributed by atoms with Crippen molar-refractivity contribution in [3.05, 3.63) is 0 Å². The molecule has 0 aromatic heterocycles. The van der Waals surface area contributed by atoms with E-state index in [1.807, 2.05) is 20.8 Å². The van der Waals surface area contributed by atoms with Gasteiger partial charge in [-0.05, 0) is 10.8 Å². The summed E-state index contributed by atoms with van der Waals surface area (Å²) in [5.74, 6) is 0.00407. The highest BCUT2D eigenvalue weighted by atomic mass is 16.5. The number of amides is 1. The van der Waals surface area contributed by atoms with Crippen LogP contribution in [0.5, 0.6) is 0 Å². The van der Waals surface area contributed by atoms with Gasteiger partial charge >= 0.3 is 0 Å². The molecular formula is C16H32N2O3. The first kappa shape index (κ1) is 18.4. The predicted octanol–water partition coefficient (Wildman–Crippen LogP) is 1.30. The van der Waals surface area contributed by atoms with Crippen molar-refractivity contribution in [2.75, 3.05) is 19.7 Å². The smallest absolute Gasteiger partial charge is 0.220 e. The molecular weight excluding hydrogens is 268 g/mol. The van der Waals surface area contributed by atoms with Crippen molar-refractivity contribution in [1.82, 2.24) is 10.6 Å². The number of carbonyl (C=O) groups is 1. The van der Waals surface area contributed by atoms with E-state index in [1.165, 1.54) is 0 Å². The van der Waals surface area contributed by atoms with E-state index >= 15 is 0 Å². The molecule has 3 unspecified atom stereocenters. The molecule has 1 aliphatic rings. The number of hydrogen-bond acceptors (Lipinski definition) is 4. The van der Waals surface area contributed by atoms with Gasteiger partial charge in [0.25, 0.3) is 0 Å². The van der Waals surface area contributed by atoms with Crippen LogP contribution >= 0.6 is 0 Å². The molecule has 0 saturated carbocycles. The van der Waals surface area contributed by atoms with Crippen LogP contribution in [0.3, 0.4) is 0 Å². The van der Waals surface area contributed by atoms with Gasteiger partial charge in [0.2, 0.25) is 5.91 Å². The summed E-state index contributed by atoms with van der Waals surface area (Å²) in [7, 11) is 0. The zero-order chi connectivity index (χ0) is 16.3. The average Bonchev–Trinajstić information content (AvgIpc) is 2.62. The average molecular weight is 300 g/mol. The van der Waals surface area contributed by atoms with E-state index in [4.69, 9.17) is 4.74 Å². The lowest BCUT2D eigenvalue weighted by molar-refractivity contribution is -0.123. The Hall–Kier alpha value is -0.650. The Labute approximate surface area is 128 Å². The van der Waals surface area contributed by atoms with Crippen molar-refractivity contribution in [1.29, 1.82) is 0 Å². The lowest BCUT2D eigenvalue weighted by atomic mass is 9.92. The van der Waals surface area contributed by atoms with Crippen molar-refractivity contribution < 1.29 is 14.6 Å². The largest absolute Gasteiger partial charge is 0.389 e. The second-order valence-corrected chi connectivity index (χ2v) is 8.45. The van der Waals surface area contributed by atoms with Crippen LogP contribution < -0.4 is 10.6 Å². The van der Waals surface area contributed by atoms with Gasteiger partial charge in [0.15, 0.2) is 0 Å². The maximum absolute atomic E-state index is 11.8. The number of aliphatic hydroxyl groups is 1. The minimum absolute atomic E-state index is 0.00407. The molecule has 1 heterocycles. The minimum Gasteiger partial charge on any atom is -0.389 e. The molecule has 1 amide bonds. The van der Waals surface area contributed by atoms with Gasteiger partial charge in [-0.1, -0.05) is 41.5 Å². The summed E-state index contributed by atoms with van der Waals surface area (Å²) in [6, 6.07) is -0.0613. The highest BCUT2D eigenvalue weighted by Crippen LogP contribution is 2.19. The van der Waals surface area contributed by atoms with Gasteiger partial charge in [0, 0.05) is 19.5 Å². The van der Waals surface area contributed by atoms with Crippen LogP contribution in [-0.2, 0) is 9.53 Å². The number of hydrogen-bond donors (Lipinski definition) is 3. The highest BCUT2D eigenvalue weighted by molar-refractivity contribution is 5.76. The molecule has 1 aliphatic heterocycles. The molecule has 0 radical (unpaired) electrons. The molecule has 5 nitrogen and oxygen atoms in total. The molecule has 0 aromatic carbocycles. The van der Waals surface area contributed by atoms with Crippen molar-refractivity contribution in [3.63, 3.8) is 0 Å². The summed E-state index contributed by atoms with van der Waals surface area (Å²) in [5.41, 5.74) is 0.134. The van der Waals surface area contributed by atoms with Crippen LogP contribution in [0, 0.1) is 10.8 Å². The van der Waals surface area contributed by atoms with Gasteiger partial charge in [-0.3, -0.25) is 4.79 Å². The summed E-state index contributed by atoms with van der Waals surface area (Å²) >= 11 is 0. The van der Waals surface area contributed by atoms with Gasteiger partial charge in [0.05, 0.1) is 18.8 Å². The lowest BCUT2D eigenvalue weighted by Gasteiger charge is -2.24. The summed E-state index contributed by atoms with van der Waals surface area (Å²) in [5, 5.41) is 16.4. The Morgan fingerprint density at radius 3 is 2.33 bits per heavy atom. The normalized spacial score (nSPS) is 26.9. The van der Waals surface area contributed by atoms with Gasteiger partial charge in [-0.15, -0.1) is 0 Å². The third-order valence-corrected chi connectivity index (χ3v) is 3.37. The summed E-state index contributed by atoms with van der Waals surface area (Å²) in [6.45, 7) is 14.2. The highest BCUT2D eigenvalue weighted by Gasteiger charge is 2.36. The van der Waals surface area contributed by atoms with Crippen LogP contribution in [-0.4, -0.2) is 49.0 Å². The van der Waals surface area contributed by atoms with Crippen molar-refractivity contribution in [3.8, 4) is 0 Å². The third kappa shape index (κ3) is 7.25. The summed E-state index contributed by atoms with van der Waals surface area (Å²) < 4.78 is 5.60. The van der Waals surface area contributed by atoms with E-state index < -0.39 is 6.10 Å². The molecule has 1 fully saturated rings. The standard InChI is InChI=1S/C16H32N2O3/c1-15(2,3)7-13(19)17-8-12-14(20)11(9-21-12)18-10-16(4,5)6/h11-12,14,18,20H,7-10H2,1-6H3,(H,17,19). The van der Waals surface area contributed by atoms with E-state index in [0.717, 1.165) is 6.54 Å². The minimum atomic E-state index is -0.581. The Morgan fingerprint density at radius 2 is 1.81 bits per heavy atom. The second kappa shape index (κ2) is 7.07. The fourth-order valence-corrected chi connectivity index (χ4v) is 2.24. The Morgan fingerprint density at radius 1 is 1.19 bits per heavy atom. The molecule has 1 saturated heterocycles. The Kier molecular flexibility index (Phi) is 6.20. The predicted molar refractivity (Wildman–Crippen MR) is 84.1 cm³/mol. The molecule has 21 heavy (non-hydrogen) atoms. The van der Waals surface area contributed by atoms with Gasteiger partial charge < -0.3 is 20.5 Å². The maximum atomic E-state index is 11.8. The fourth-order valence-electron chi connectivity index (χ4n) is 2.24. The lowest BCUT2D eigenvalue weighted by Crippen LogP contribution is -2.47. The van der Waals surface area contributed by atoms with Gasteiger partial charge in [0.1, 0.15) is 6.10 Å².